The summed E-state index contributed by atoms with van der Waals surface area (Å²) < 4.78 is 7.63. The lowest BCUT2D eigenvalue weighted by molar-refractivity contribution is -0.121. The maximum Gasteiger partial charge on any atom is 0.228 e. The highest BCUT2D eigenvalue weighted by Gasteiger charge is 2.27. The fraction of sp³-hybridized carbons (Fsp3) is 0.355. The molecule has 1 amide bonds. The van der Waals surface area contributed by atoms with Crippen molar-refractivity contribution in [2.45, 2.75) is 45.7 Å². The molecule has 1 saturated heterocycles. The summed E-state index contributed by atoms with van der Waals surface area (Å²) in [5.41, 5.74) is 5.50. The molecular weight excluding hydrogens is 460 g/mol. The Kier molecular flexibility index (Phi) is 7.85. The molecule has 1 aliphatic heterocycles. The Bertz CT molecular complexity index is 1350. The highest BCUT2D eigenvalue weighted by molar-refractivity contribution is 5.93. The molecule has 5 rings (SSSR count). The normalized spacial score (nSPS) is 16.1. The Morgan fingerprint density at radius 2 is 1.81 bits per heavy atom. The molecule has 4 aromatic rings. The van der Waals surface area contributed by atoms with Gasteiger partial charge in [0, 0.05) is 18.8 Å². The topological polar surface area (TPSA) is 59.4 Å². The molecule has 0 spiro atoms. The highest BCUT2D eigenvalue weighted by atomic mass is 16.5. The van der Waals surface area contributed by atoms with Crippen LogP contribution in [-0.4, -0.2) is 40.6 Å². The van der Waals surface area contributed by atoms with Crippen LogP contribution >= 0.6 is 0 Å². The Hall–Kier alpha value is -3.64. The van der Waals surface area contributed by atoms with Crippen LogP contribution in [0.5, 0.6) is 5.75 Å². The van der Waals surface area contributed by atoms with E-state index in [9.17, 15) is 4.79 Å². The van der Waals surface area contributed by atoms with Gasteiger partial charge in [0.2, 0.25) is 5.91 Å². The first kappa shape index (κ1) is 25.0. The number of anilines is 1. The lowest BCUT2D eigenvalue weighted by Gasteiger charge is -2.32. The van der Waals surface area contributed by atoms with Gasteiger partial charge in [-0.15, -0.1) is 0 Å². The van der Waals surface area contributed by atoms with Crippen molar-refractivity contribution in [2.75, 3.05) is 25.5 Å². The quantitative estimate of drug-likeness (QED) is 0.314. The van der Waals surface area contributed by atoms with Crippen molar-refractivity contribution in [2.24, 2.45) is 5.92 Å². The number of aromatic nitrogens is 2. The van der Waals surface area contributed by atoms with Gasteiger partial charge in [0.25, 0.3) is 0 Å². The van der Waals surface area contributed by atoms with Gasteiger partial charge in [-0.25, -0.2) is 4.98 Å². The lowest BCUT2D eigenvalue weighted by Crippen LogP contribution is -2.40. The average Bonchev–Trinajstić information content (AvgIpc) is 3.27. The zero-order valence-corrected chi connectivity index (χ0v) is 21.8. The fourth-order valence-corrected chi connectivity index (χ4v) is 5.31. The van der Waals surface area contributed by atoms with Crippen LogP contribution in [0.1, 0.15) is 43.1 Å². The molecule has 192 valence electrons. The maximum atomic E-state index is 13.3. The molecule has 1 fully saturated rings. The summed E-state index contributed by atoms with van der Waals surface area (Å²) in [6, 6.07) is 24.7. The molecule has 0 aliphatic carbocycles. The molecule has 1 aromatic heterocycles. The van der Waals surface area contributed by atoms with Crippen molar-refractivity contribution in [3.8, 4) is 5.75 Å². The predicted octanol–water partition coefficient (Wildman–Crippen LogP) is 5.90. The molecule has 0 unspecified atom stereocenters. The molecule has 1 atom stereocenters. The van der Waals surface area contributed by atoms with E-state index in [0.717, 1.165) is 80.2 Å². The number of fused-ring (bicyclic) bond motifs is 1. The molecule has 1 aliphatic rings. The summed E-state index contributed by atoms with van der Waals surface area (Å²) in [7, 11) is 1.69. The number of para-hydroxylation sites is 3. The van der Waals surface area contributed by atoms with Crippen LogP contribution in [0.15, 0.2) is 72.8 Å². The summed E-state index contributed by atoms with van der Waals surface area (Å²) in [5, 5.41) is 3.23. The highest BCUT2D eigenvalue weighted by Crippen LogP contribution is 2.25. The summed E-state index contributed by atoms with van der Waals surface area (Å²) in [4.78, 5) is 20.6. The number of amides is 1. The van der Waals surface area contributed by atoms with E-state index in [1.807, 2.05) is 36.4 Å². The second-order valence-electron chi connectivity index (χ2n) is 9.92. The number of carbonyl (C=O) groups is 1. The number of piperidine rings is 1. The van der Waals surface area contributed by atoms with Crippen LogP contribution in [0.2, 0.25) is 0 Å². The summed E-state index contributed by atoms with van der Waals surface area (Å²) >= 11 is 0. The van der Waals surface area contributed by atoms with Crippen molar-refractivity contribution in [1.29, 1.82) is 0 Å². The molecule has 0 bridgehead atoms. The molecule has 3 aromatic carbocycles. The minimum atomic E-state index is -0.0251. The SMILES string of the molecule is CCCc1ccccc1NC(=O)[C@H]1CCCN(Cc2nc3ccccc3n2Cc2ccc(OC)cc2)C1. The van der Waals surface area contributed by atoms with Crippen molar-refractivity contribution in [3.05, 3.63) is 89.7 Å². The molecule has 2 heterocycles. The van der Waals surface area contributed by atoms with Crippen LogP contribution in [0.25, 0.3) is 11.0 Å². The number of rotatable bonds is 9. The van der Waals surface area contributed by atoms with Gasteiger partial charge in [-0.05, 0) is 67.3 Å². The molecule has 6 nitrogen and oxygen atoms in total. The number of methoxy groups -OCH3 is 1. The van der Waals surface area contributed by atoms with Gasteiger partial charge < -0.3 is 14.6 Å². The summed E-state index contributed by atoms with van der Waals surface area (Å²) in [6.07, 6.45) is 3.95. The van der Waals surface area contributed by atoms with E-state index in [-0.39, 0.29) is 11.8 Å². The van der Waals surface area contributed by atoms with Crippen LogP contribution in [-0.2, 0) is 24.3 Å². The molecule has 1 N–H and O–H groups in total. The van der Waals surface area contributed by atoms with E-state index < -0.39 is 0 Å². The largest absolute Gasteiger partial charge is 0.497 e. The lowest BCUT2D eigenvalue weighted by atomic mass is 9.96. The molecule has 37 heavy (non-hydrogen) atoms. The predicted molar refractivity (Wildman–Crippen MR) is 149 cm³/mol. The smallest absolute Gasteiger partial charge is 0.228 e. The van der Waals surface area contributed by atoms with E-state index in [1.54, 1.807) is 7.11 Å². The van der Waals surface area contributed by atoms with Crippen molar-refractivity contribution < 1.29 is 9.53 Å². The van der Waals surface area contributed by atoms with Gasteiger partial charge in [0.15, 0.2) is 0 Å². The van der Waals surface area contributed by atoms with Crippen molar-refractivity contribution in [1.82, 2.24) is 14.5 Å². The first-order valence-electron chi connectivity index (χ1n) is 13.3. The molecule has 0 saturated carbocycles. The average molecular weight is 497 g/mol. The maximum absolute atomic E-state index is 13.3. The standard InChI is InChI=1S/C31H36N4O2/c1-3-9-24-10-4-5-12-27(24)33-31(36)25-11-8-19-34(21-25)22-30-32-28-13-6-7-14-29(28)35(30)20-23-15-17-26(37-2)18-16-23/h4-7,10,12-18,25H,3,8-9,11,19-22H2,1-2H3,(H,33,36)/t25-/m0/s1. The van der Waals surface area contributed by atoms with Gasteiger partial charge in [0.1, 0.15) is 11.6 Å². The van der Waals surface area contributed by atoms with Crippen LogP contribution in [0.4, 0.5) is 5.69 Å². The van der Waals surface area contributed by atoms with E-state index in [0.29, 0.717) is 0 Å². The summed E-state index contributed by atoms with van der Waals surface area (Å²) in [6.45, 7) is 5.35. The number of aryl methyl sites for hydroxylation is 1. The van der Waals surface area contributed by atoms with Crippen LogP contribution in [0, 0.1) is 5.92 Å². The number of imidazole rings is 1. The first-order valence-corrected chi connectivity index (χ1v) is 13.3. The third kappa shape index (κ3) is 5.86. The monoisotopic (exact) mass is 496 g/mol. The molecular formula is C31H36N4O2. The van der Waals surface area contributed by atoms with E-state index in [4.69, 9.17) is 9.72 Å². The Labute approximate surface area is 219 Å². The van der Waals surface area contributed by atoms with Gasteiger partial charge >= 0.3 is 0 Å². The van der Waals surface area contributed by atoms with Gasteiger partial charge in [-0.1, -0.05) is 55.8 Å². The third-order valence-electron chi connectivity index (χ3n) is 7.27. The summed E-state index contributed by atoms with van der Waals surface area (Å²) in [5.74, 6) is 1.99. The molecule has 0 radical (unpaired) electrons. The van der Waals surface area contributed by atoms with E-state index in [1.165, 1.54) is 11.1 Å². The Morgan fingerprint density at radius 1 is 1.03 bits per heavy atom. The van der Waals surface area contributed by atoms with E-state index in [2.05, 4.69) is 58.1 Å². The number of hydrogen-bond acceptors (Lipinski definition) is 4. The number of likely N-dealkylation sites (tertiary alicyclic amines) is 1. The minimum Gasteiger partial charge on any atom is -0.497 e. The number of nitrogens with one attached hydrogen (secondary N) is 1. The number of benzene rings is 3. The number of carbonyl (C=O) groups excluding carboxylic acids is 1. The van der Waals surface area contributed by atoms with Crippen LogP contribution in [0.3, 0.4) is 0 Å². The fourth-order valence-electron chi connectivity index (χ4n) is 5.31. The second-order valence-corrected chi connectivity index (χ2v) is 9.92. The van der Waals surface area contributed by atoms with Gasteiger partial charge in [-0.3, -0.25) is 9.69 Å². The Balaban J connectivity index is 1.31. The third-order valence-corrected chi connectivity index (χ3v) is 7.27. The van der Waals surface area contributed by atoms with Gasteiger partial charge in [-0.2, -0.15) is 0 Å². The second kappa shape index (κ2) is 11.6. The molecule has 6 heteroatoms. The number of nitrogens with zero attached hydrogens (tertiary/aromatic N) is 3. The van der Waals surface area contributed by atoms with Crippen molar-refractivity contribution >= 4 is 22.6 Å². The first-order chi connectivity index (χ1) is 18.1. The number of ether oxygens (including phenoxy) is 1. The number of hydrogen-bond donors (Lipinski definition) is 1. The zero-order chi connectivity index (χ0) is 25.6. The minimum absolute atomic E-state index is 0.0251. The van der Waals surface area contributed by atoms with Gasteiger partial charge in [0.05, 0.1) is 30.6 Å². The zero-order valence-electron chi connectivity index (χ0n) is 21.8. The Morgan fingerprint density at radius 3 is 2.62 bits per heavy atom. The van der Waals surface area contributed by atoms with E-state index >= 15 is 0 Å². The van der Waals surface area contributed by atoms with Crippen LogP contribution < -0.4 is 10.1 Å². The van der Waals surface area contributed by atoms with Crippen molar-refractivity contribution in [3.63, 3.8) is 0 Å².